The average molecular weight is 377 g/mol. The highest BCUT2D eigenvalue weighted by Gasteiger charge is 2.54. The van der Waals surface area contributed by atoms with Gasteiger partial charge in [-0.05, 0) is 30.2 Å². The Morgan fingerprint density at radius 3 is 2.57 bits per heavy atom. The topological polar surface area (TPSA) is 73.7 Å². The van der Waals surface area contributed by atoms with Gasteiger partial charge in [0.1, 0.15) is 6.54 Å². The first-order valence-electron chi connectivity index (χ1n) is 9.48. The standard InChI is InChI=1S/C22H23N3O3/c1-2-3-15-4-6-16(7-5-15)21-18-12-24(13-20(27)25(18)19(21)14-26)22(28)17-8-10-23-11-9-17/h2-11,18-19,21,26H,12-14H2,1H3/b3-2+/t18-,19+,21+/m0/s1. The highest BCUT2D eigenvalue weighted by Crippen LogP contribution is 2.43. The minimum absolute atomic E-state index is 0.0154. The number of pyridine rings is 1. The number of hydrogen-bond donors (Lipinski definition) is 1. The molecular formula is C22H23N3O3. The van der Waals surface area contributed by atoms with Gasteiger partial charge in [0.15, 0.2) is 0 Å². The molecule has 2 aliphatic rings. The summed E-state index contributed by atoms with van der Waals surface area (Å²) in [6.07, 6.45) is 7.16. The lowest BCUT2D eigenvalue weighted by Gasteiger charge is -2.58. The van der Waals surface area contributed by atoms with Gasteiger partial charge in [-0.3, -0.25) is 14.6 Å². The second-order valence-corrected chi connectivity index (χ2v) is 7.23. The van der Waals surface area contributed by atoms with E-state index in [-0.39, 0.29) is 43.0 Å². The van der Waals surface area contributed by atoms with Crippen molar-refractivity contribution in [2.24, 2.45) is 0 Å². The van der Waals surface area contributed by atoms with E-state index in [1.807, 2.05) is 43.3 Å². The third-order valence-corrected chi connectivity index (χ3v) is 5.65. The number of hydrogen-bond acceptors (Lipinski definition) is 4. The molecule has 2 aromatic rings. The smallest absolute Gasteiger partial charge is 0.254 e. The van der Waals surface area contributed by atoms with Crippen LogP contribution in [0.1, 0.15) is 34.3 Å². The zero-order valence-electron chi connectivity index (χ0n) is 15.7. The third-order valence-electron chi connectivity index (χ3n) is 5.65. The Morgan fingerprint density at radius 1 is 1.21 bits per heavy atom. The van der Waals surface area contributed by atoms with E-state index in [1.54, 1.807) is 34.3 Å². The van der Waals surface area contributed by atoms with Crippen LogP contribution in [0.2, 0.25) is 0 Å². The number of aliphatic hydroxyl groups excluding tert-OH is 1. The van der Waals surface area contributed by atoms with Crippen molar-refractivity contribution in [1.29, 1.82) is 0 Å². The second kappa shape index (κ2) is 7.56. The SMILES string of the molecule is C/C=C/c1ccc([C@H]2[C@@H](CO)N3C(=O)CN(C(=O)c4ccncc4)C[C@@H]23)cc1. The zero-order valence-corrected chi connectivity index (χ0v) is 15.7. The van der Waals surface area contributed by atoms with Crippen molar-refractivity contribution < 1.29 is 14.7 Å². The summed E-state index contributed by atoms with van der Waals surface area (Å²) in [5.74, 6) is -0.258. The molecule has 0 saturated carbocycles. The lowest BCUT2D eigenvalue weighted by molar-refractivity contribution is -0.159. The number of piperazine rings is 1. The Kier molecular flexibility index (Phi) is 4.96. The quantitative estimate of drug-likeness (QED) is 0.884. The summed E-state index contributed by atoms with van der Waals surface area (Å²) in [4.78, 5) is 32.8. The van der Waals surface area contributed by atoms with Gasteiger partial charge in [-0.1, -0.05) is 36.4 Å². The zero-order chi connectivity index (χ0) is 19.7. The predicted octanol–water partition coefficient (Wildman–Crippen LogP) is 1.93. The normalized spacial score (nSPS) is 24.2. The Hall–Kier alpha value is -2.99. The number of rotatable bonds is 4. The number of allylic oxidation sites excluding steroid dienone is 1. The molecule has 0 unspecified atom stereocenters. The number of amides is 2. The molecule has 0 radical (unpaired) electrons. The van der Waals surface area contributed by atoms with E-state index < -0.39 is 0 Å². The molecule has 28 heavy (non-hydrogen) atoms. The van der Waals surface area contributed by atoms with Crippen LogP contribution in [0.5, 0.6) is 0 Å². The summed E-state index contributed by atoms with van der Waals surface area (Å²) in [5.41, 5.74) is 2.72. The fourth-order valence-corrected chi connectivity index (χ4v) is 4.35. The lowest BCUT2D eigenvalue weighted by Crippen LogP contribution is -2.73. The molecule has 3 heterocycles. The Balaban J connectivity index is 1.58. The van der Waals surface area contributed by atoms with Crippen LogP contribution in [-0.4, -0.2) is 63.5 Å². The van der Waals surface area contributed by atoms with Crippen LogP contribution in [0.25, 0.3) is 6.08 Å². The highest BCUT2D eigenvalue weighted by molar-refractivity contribution is 5.97. The first-order valence-corrected chi connectivity index (χ1v) is 9.48. The largest absolute Gasteiger partial charge is 0.394 e. The number of carbonyl (C=O) groups excluding carboxylic acids is 2. The van der Waals surface area contributed by atoms with Crippen LogP contribution in [0.3, 0.4) is 0 Å². The van der Waals surface area contributed by atoms with Gasteiger partial charge in [0.05, 0.1) is 18.7 Å². The fourth-order valence-electron chi connectivity index (χ4n) is 4.35. The number of aliphatic hydroxyl groups is 1. The second-order valence-electron chi connectivity index (χ2n) is 7.23. The maximum Gasteiger partial charge on any atom is 0.254 e. The van der Waals surface area contributed by atoms with E-state index in [2.05, 4.69) is 4.98 Å². The van der Waals surface area contributed by atoms with Crippen molar-refractivity contribution in [2.45, 2.75) is 24.9 Å². The number of aromatic nitrogens is 1. The van der Waals surface area contributed by atoms with Gasteiger partial charge in [-0.25, -0.2) is 0 Å². The van der Waals surface area contributed by atoms with Crippen molar-refractivity contribution in [2.75, 3.05) is 19.7 Å². The molecule has 3 atom stereocenters. The average Bonchev–Trinajstić information content (AvgIpc) is 2.71. The van der Waals surface area contributed by atoms with Crippen molar-refractivity contribution >= 4 is 17.9 Å². The van der Waals surface area contributed by atoms with Gasteiger partial charge >= 0.3 is 0 Å². The minimum Gasteiger partial charge on any atom is -0.394 e. The van der Waals surface area contributed by atoms with Gasteiger partial charge in [0.2, 0.25) is 5.91 Å². The van der Waals surface area contributed by atoms with E-state index in [0.29, 0.717) is 12.1 Å². The molecule has 0 aliphatic carbocycles. The van der Waals surface area contributed by atoms with Crippen LogP contribution >= 0.6 is 0 Å². The molecule has 2 saturated heterocycles. The molecule has 144 valence electrons. The summed E-state index contributed by atoms with van der Waals surface area (Å²) in [5, 5.41) is 9.87. The first kappa shape index (κ1) is 18.4. The molecule has 2 aliphatic heterocycles. The molecule has 1 N–H and O–H groups in total. The van der Waals surface area contributed by atoms with Crippen molar-refractivity contribution in [3.63, 3.8) is 0 Å². The van der Waals surface area contributed by atoms with Gasteiger partial charge in [-0.15, -0.1) is 0 Å². The van der Waals surface area contributed by atoms with Crippen LogP contribution in [0.15, 0.2) is 54.9 Å². The highest BCUT2D eigenvalue weighted by atomic mass is 16.3. The maximum atomic E-state index is 12.8. The molecule has 2 fully saturated rings. The maximum absolute atomic E-state index is 12.8. The van der Waals surface area contributed by atoms with Crippen LogP contribution in [0.4, 0.5) is 0 Å². The molecule has 1 aromatic carbocycles. The van der Waals surface area contributed by atoms with Crippen LogP contribution in [-0.2, 0) is 4.79 Å². The number of benzene rings is 1. The lowest BCUT2D eigenvalue weighted by atomic mass is 9.73. The molecule has 4 rings (SSSR count). The van der Waals surface area contributed by atoms with Gasteiger partial charge in [-0.2, -0.15) is 0 Å². The van der Waals surface area contributed by atoms with Crippen molar-refractivity contribution in [3.05, 3.63) is 71.6 Å². The van der Waals surface area contributed by atoms with Gasteiger partial charge < -0.3 is 14.9 Å². The Labute approximate surface area is 164 Å². The number of nitrogens with zero attached hydrogens (tertiary/aromatic N) is 3. The number of carbonyl (C=O) groups is 2. The summed E-state index contributed by atoms with van der Waals surface area (Å²) < 4.78 is 0. The minimum atomic E-state index is -0.233. The van der Waals surface area contributed by atoms with Crippen LogP contribution < -0.4 is 0 Å². The molecule has 0 bridgehead atoms. The van der Waals surface area contributed by atoms with Crippen molar-refractivity contribution in [1.82, 2.24) is 14.8 Å². The molecule has 6 heteroatoms. The first-order chi connectivity index (χ1) is 13.6. The molecule has 6 nitrogen and oxygen atoms in total. The summed E-state index contributed by atoms with van der Waals surface area (Å²) in [6.45, 7) is 2.40. The molecular weight excluding hydrogens is 354 g/mol. The van der Waals surface area contributed by atoms with E-state index in [1.165, 1.54) is 0 Å². The predicted molar refractivity (Wildman–Crippen MR) is 106 cm³/mol. The number of fused-ring (bicyclic) bond motifs is 1. The summed E-state index contributed by atoms with van der Waals surface area (Å²) in [7, 11) is 0. The van der Waals surface area contributed by atoms with E-state index >= 15 is 0 Å². The van der Waals surface area contributed by atoms with Crippen LogP contribution in [0, 0.1) is 0 Å². The van der Waals surface area contributed by atoms with E-state index in [4.69, 9.17) is 0 Å². The van der Waals surface area contributed by atoms with E-state index in [9.17, 15) is 14.7 Å². The molecule has 1 aromatic heterocycles. The Morgan fingerprint density at radius 2 is 1.93 bits per heavy atom. The van der Waals surface area contributed by atoms with Gasteiger partial charge in [0.25, 0.3) is 5.91 Å². The van der Waals surface area contributed by atoms with E-state index in [0.717, 1.165) is 11.1 Å². The molecule has 0 spiro atoms. The van der Waals surface area contributed by atoms with Gasteiger partial charge in [0, 0.05) is 30.4 Å². The fraction of sp³-hybridized carbons (Fsp3) is 0.318. The summed E-state index contributed by atoms with van der Waals surface area (Å²) in [6, 6.07) is 11.2. The third kappa shape index (κ3) is 3.10. The van der Waals surface area contributed by atoms with Crippen molar-refractivity contribution in [3.8, 4) is 0 Å². The monoisotopic (exact) mass is 377 g/mol. The molecule has 2 amide bonds. The Bertz CT molecular complexity index is 895. The summed E-state index contributed by atoms with van der Waals surface area (Å²) >= 11 is 0.